The largest absolute Gasteiger partial charge is 0.497 e. The number of benzene rings is 1. The van der Waals surface area contributed by atoms with E-state index in [9.17, 15) is 4.79 Å². The van der Waals surface area contributed by atoms with Crippen molar-refractivity contribution in [1.82, 2.24) is 9.88 Å². The van der Waals surface area contributed by atoms with Crippen molar-refractivity contribution in [3.63, 3.8) is 0 Å². The van der Waals surface area contributed by atoms with Gasteiger partial charge in [0.2, 0.25) is 0 Å². The van der Waals surface area contributed by atoms with Crippen LogP contribution in [0.2, 0.25) is 0 Å². The van der Waals surface area contributed by atoms with Gasteiger partial charge in [-0.2, -0.15) is 0 Å². The molecule has 1 heterocycles. The van der Waals surface area contributed by atoms with Crippen LogP contribution in [0.5, 0.6) is 11.5 Å². The number of nitrogens with one attached hydrogen (secondary N) is 1. The van der Waals surface area contributed by atoms with Gasteiger partial charge in [-0.1, -0.05) is 19.4 Å². The summed E-state index contributed by atoms with van der Waals surface area (Å²) in [5.41, 5.74) is 1.56. The SMILES string of the molecule is CCCCOc1ccc(OC)cc1NC(=O)N(C)CCc1ccccn1. The van der Waals surface area contributed by atoms with Crippen LogP contribution in [0.1, 0.15) is 25.5 Å². The summed E-state index contributed by atoms with van der Waals surface area (Å²) in [5, 5.41) is 2.91. The minimum Gasteiger partial charge on any atom is -0.497 e. The zero-order chi connectivity index (χ0) is 18.8. The number of aromatic nitrogens is 1. The summed E-state index contributed by atoms with van der Waals surface area (Å²) in [6.45, 7) is 3.29. The monoisotopic (exact) mass is 357 g/mol. The van der Waals surface area contributed by atoms with Gasteiger partial charge >= 0.3 is 6.03 Å². The van der Waals surface area contributed by atoms with Crippen molar-refractivity contribution < 1.29 is 14.3 Å². The molecule has 0 aliphatic rings. The molecule has 0 saturated heterocycles. The van der Waals surface area contributed by atoms with E-state index in [0.717, 1.165) is 18.5 Å². The maximum atomic E-state index is 12.5. The van der Waals surface area contributed by atoms with Crippen LogP contribution in [-0.4, -0.2) is 43.2 Å². The van der Waals surface area contributed by atoms with Gasteiger partial charge in [-0.25, -0.2) is 4.79 Å². The lowest BCUT2D eigenvalue weighted by atomic mass is 10.2. The van der Waals surface area contributed by atoms with E-state index in [0.29, 0.717) is 36.8 Å². The Morgan fingerprint density at radius 1 is 1.27 bits per heavy atom. The molecule has 0 aliphatic carbocycles. The van der Waals surface area contributed by atoms with Crippen molar-refractivity contribution in [2.24, 2.45) is 0 Å². The molecule has 6 heteroatoms. The maximum absolute atomic E-state index is 12.5. The molecule has 1 N–H and O–H groups in total. The number of ether oxygens (including phenoxy) is 2. The third-order valence-electron chi connectivity index (χ3n) is 3.96. The number of amides is 2. The summed E-state index contributed by atoms with van der Waals surface area (Å²) >= 11 is 0. The normalized spacial score (nSPS) is 10.3. The Morgan fingerprint density at radius 2 is 2.12 bits per heavy atom. The van der Waals surface area contributed by atoms with Gasteiger partial charge in [0.25, 0.3) is 0 Å². The molecule has 2 aromatic rings. The molecule has 0 saturated carbocycles. The number of nitrogens with zero attached hydrogens (tertiary/aromatic N) is 2. The summed E-state index contributed by atoms with van der Waals surface area (Å²) in [7, 11) is 3.35. The second-order valence-corrected chi connectivity index (χ2v) is 5.99. The number of hydrogen-bond donors (Lipinski definition) is 1. The molecule has 0 fully saturated rings. The number of carbonyl (C=O) groups excluding carboxylic acids is 1. The van der Waals surface area contributed by atoms with Crippen molar-refractivity contribution in [3.05, 3.63) is 48.3 Å². The van der Waals surface area contributed by atoms with Crippen LogP contribution in [0.25, 0.3) is 0 Å². The Morgan fingerprint density at radius 3 is 2.81 bits per heavy atom. The lowest BCUT2D eigenvalue weighted by molar-refractivity contribution is 0.222. The molecule has 0 unspecified atom stereocenters. The molecule has 0 atom stereocenters. The lowest BCUT2D eigenvalue weighted by Gasteiger charge is -2.19. The zero-order valence-electron chi connectivity index (χ0n) is 15.7. The van der Waals surface area contributed by atoms with Crippen molar-refractivity contribution in [2.45, 2.75) is 26.2 Å². The number of hydrogen-bond acceptors (Lipinski definition) is 4. The number of pyridine rings is 1. The van der Waals surface area contributed by atoms with Gasteiger partial charge in [-0.15, -0.1) is 0 Å². The molecule has 0 aliphatic heterocycles. The van der Waals surface area contributed by atoms with E-state index in [1.165, 1.54) is 0 Å². The van der Waals surface area contributed by atoms with E-state index in [-0.39, 0.29) is 6.03 Å². The first-order valence-corrected chi connectivity index (χ1v) is 8.87. The van der Waals surface area contributed by atoms with E-state index in [1.54, 1.807) is 31.3 Å². The minimum atomic E-state index is -0.200. The average molecular weight is 357 g/mol. The molecular weight excluding hydrogens is 330 g/mol. The highest BCUT2D eigenvalue weighted by Crippen LogP contribution is 2.29. The smallest absolute Gasteiger partial charge is 0.321 e. The number of methoxy groups -OCH3 is 1. The van der Waals surface area contributed by atoms with Crippen molar-refractivity contribution in [1.29, 1.82) is 0 Å². The molecule has 2 rings (SSSR count). The molecule has 0 radical (unpaired) electrons. The van der Waals surface area contributed by atoms with Crippen LogP contribution in [0.15, 0.2) is 42.6 Å². The quantitative estimate of drug-likeness (QED) is 0.690. The molecular formula is C20H27N3O3. The Hall–Kier alpha value is -2.76. The molecule has 0 spiro atoms. The summed E-state index contributed by atoms with van der Waals surface area (Å²) in [6.07, 6.45) is 4.46. The fourth-order valence-corrected chi connectivity index (χ4v) is 2.33. The predicted molar refractivity (Wildman–Crippen MR) is 103 cm³/mol. The van der Waals surface area contributed by atoms with E-state index < -0.39 is 0 Å². The molecule has 1 aromatic heterocycles. The number of anilines is 1. The molecule has 140 valence electrons. The lowest BCUT2D eigenvalue weighted by Crippen LogP contribution is -2.33. The van der Waals surface area contributed by atoms with E-state index >= 15 is 0 Å². The number of rotatable bonds is 9. The first-order valence-electron chi connectivity index (χ1n) is 8.87. The summed E-state index contributed by atoms with van der Waals surface area (Å²) < 4.78 is 11.0. The van der Waals surface area contributed by atoms with Crippen LogP contribution in [0.3, 0.4) is 0 Å². The van der Waals surface area contributed by atoms with Crippen LogP contribution < -0.4 is 14.8 Å². The van der Waals surface area contributed by atoms with Gasteiger partial charge in [0, 0.05) is 38.0 Å². The van der Waals surface area contributed by atoms with Gasteiger partial charge < -0.3 is 19.7 Å². The topological polar surface area (TPSA) is 63.7 Å². The van der Waals surface area contributed by atoms with Gasteiger partial charge in [0.05, 0.1) is 19.4 Å². The molecule has 1 aromatic carbocycles. The second-order valence-electron chi connectivity index (χ2n) is 5.99. The average Bonchev–Trinajstić information content (AvgIpc) is 2.68. The molecule has 0 bridgehead atoms. The standard InChI is InChI=1S/C20H27N3O3/c1-4-5-14-26-19-10-9-17(25-3)15-18(19)22-20(24)23(2)13-11-16-8-6-7-12-21-16/h6-10,12,15H,4-5,11,13-14H2,1-3H3,(H,22,24). The minimum absolute atomic E-state index is 0.200. The van der Waals surface area contributed by atoms with Crippen LogP contribution in [-0.2, 0) is 6.42 Å². The predicted octanol–water partition coefficient (Wildman–Crippen LogP) is 3.98. The summed E-state index contributed by atoms with van der Waals surface area (Å²) in [5.74, 6) is 1.31. The third kappa shape index (κ3) is 5.95. The fraction of sp³-hybridized carbons (Fsp3) is 0.400. The Balaban J connectivity index is 1.99. The zero-order valence-corrected chi connectivity index (χ0v) is 15.7. The first kappa shape index (κ1) is 19.6. The van der Waals surface area contributed by atoms with E-state index in [2.05, 4.69) is 17.2 Å². The number of urea groups is 1. The molecule has 2 amide bonds. The van der Waals surface area contributed by atoms with Gasteiger partial charge in [-0.05, 0) is 30.7 Å². The summed E-state index contributed by atoms with van der Waals surface area (Å²) in [4.78, 5) is 18.4. The summed E-state index contributed by atoms with van der Waals surface area (Å²) in [6, 6.07) is 11.0. The van der Waals surface area contributed by atoms with Crippen molar-refractivity contribution in [3.8, 4) is 11.5 Å². The van der Waals surface area contributed by atoms with Crippen LogP contribution in [0.4, 0.5) is 10.5 Å². The van der Waals surface area contributed by atoms with Crippen molar-refractivity contribution in [2.75, 3.05) is 32.6 Å². The van der Waals surface area contributed by atoms with E-state index in [1.807, 2.05) is 30.3 Å². The van der Waals surface area contributed by atoms with E-state index in [4.69, 9.17) is 9.47 Å². The van der Waals surface area contributed by atoms with Crippen LogP contribution in [0, 0.1) is 0 Å². The van der Waals surface area contributed by atoms with Gasteiger partial charge in [0.1, 0.15) is 11.5 Å². The fourth-order valence-electron chi connectivity index (χ4n) is 2.33. The number of unbranched alkanes of at least 4 members (excludes halogenated alkanes) is 1. The number of likely N-dealkylation sites (N-methyl/N-ethyl adjacent to an activating group) is 1. The third-order valence-corrected chi connectivity index (χ3v) is 3.96. The van der Waals surface area contributed by atoms with Gasteiger partial charge in [-0.3, -0.25) is 4.98 Å². The Bertz CT molecular complexity index is 692. The highest BCUT2D eigenvalue weighted by atomic mass is 16.5. The number of carbonyl (C=O) groups is 1. The highest BCUT2D eigenvalue weighted by Gasteiger charge is 2.13. The molecule has 26 heavy (non-hydrogen) atoms. The first-order chi connectivity index (χ1) is 12.6. The Labute approximate surface area is 155 Å². The van der Waals surface area contributed by atoms with Gasteiger partial charge in [0.15, 0.2) is 0 Å². The second kappa shape index (κ2) is 10.3. The molecule has 6 nitrogen and oxygen atoms in total. The Kier molecular flexibility index (Phi) is 7.74. The maximum Gasteiger partial charge on any atom is 0.321 e. The van der Waals surface area contributed by atoms with Crippen LogP contribution >= 0.6 is 0 Å². The highest BCUT2D eigenvalue weighted by molar-refractivity contribution is 5.91. The van der Waals surface area contributed by atoms with Crippen molar-refractivity contribution >= 4 is 11.7 Å².